The van der Waals surface area contributed by atoms with E-state index >= 15 is 0 Å². The fourth-order valence-corrected chi connectivity index (χ4v) is 5.05. The third-order valence-electron chi connectivity index (χ3n) is 6.22. The van der Waals surface area contributed by atoms with Crippen LogP contribution in [0.5, 0.6) is 0 Å². The highest BCUT2D eigenvalue weighted by atomic mass is 35.5. The van der Waals surface area contributed by atoms with Gasteiger partial charge in [0.05, 0.1) is 11.0 Å². The van der Waals surface area contributed by atoms with Gasteiger partial charge in [-0.15, -0.1) is 0 Å². The Morgan fingerprint density at radius 2 is 1.67 bits per heavy atom. The van der Waals surface area contributed by atoms with Crippen LogP contribution in [0, 0.1) is 19.9 Å². The normalized spacial score (nSPS) is 11.4. The maximum Gasteiger partial charge on any atom is 0.249 e. The molecular weight excluding hydrogens is 451 g/mol. The van der Waals surface area contributed by atoms with Gasteiger partial charge >= 0.3 is 0 Å². The highest BCUT2D eigenvalue weighted by Gasteiger charge is 2.18. The lowest BCUT2D eigenvalue weighted by Crippen LogP contribution is -2.11. The first-order valence-electron chi connectivity index (χ1n) is 10.6. The number of aryl methyl sites for hydroxylation is 2. The molecule has 1 radical (unpaired) electrons. The Balaban J connectivity index is 1.82. The van der Waals surface area contributed by atoms with E-state index in [1.165, 1.54) is 16.7 Å². The van der Waals surface area contributed by atoms with Gasteiger partial charge in [0.25, 0.3) is 0 Å². The molecule has 33 heavy (non-hydrogen) atoms. The number of fused-ring (bicyclic) bond motifs is 3. The van der Waals surface area contributed by atoms with Crippen molar-refractivity contribution in [3.05, 3.63) is 105 Å². The van der Waals surface area contributed by atoms with Crippen molar-refractivity contribution in [1.29, 1.82) is 0 Å². The number of amides is 1. The summed E-state index contributed by atoms with van der Waals surface area (Å²) in [5.74, 6) is -0.461. The van der Waals surface area contributed by atoms with E-state index in [-0.39, 0.29) is 0 Å². The predicted octanol–water partition coefficient (Wildman–Crippen LogP) is 7.33. The van der Waals surface area contributed by atoms with Crippen LogP contribution >= 0.6 is 23.2 Å². The molecule has 1 amide bonds. The summed E-state index contributed by atoms with van der Waals surface area (Å²) in [7, 11) is 0. The first-order valence-corrected chi connectivity index (χ1v) is 11.4. The molecule has 2 N–H and O–H groups in total. The first kappa shape index (κ1) is 21.6. The standard InChI is InChI=1S/C28H21Cl2N2O/c1-16-9-10-18(13-17(16)2)15-32-24-8-3-5-21(28(31)33)27(24)20-12-11-19(14-25(20)32)26-22(29)6-4-7-23(26)30/h3-11,13-14H,15H2,1-2H3,(H2,31,33). The van der Waals surface area contributed by atoms with Crippen molar-refractivity contribution in [2.24, 2.45) is 5.73 Å². The van der Waals surface area contributed by atoms with Gasteiger partial charge in [-0.3, -0.25) is 4.79 Å². The minimum atomic E-state index is -0.461. The third-order valence-corrected chi connectivity index (χ3v) is 6.85. The van der Waals surface area contributed by atoms with Crippen LogP contribution in [0.4, 0.5) is 0 Å². The van der Waals surface area contributed by atoms with Crippen LogP contribution in [0.15, 0.2) is 66.7 Å². The summed E-state index contributed by atoms with van der Waals surface area (Å²) in [5, 5.41) is 2.80. The first-order chi connectivity index (χ1) is 15.8. The Kier molecular flexibility index (Phi) is 5.40. The largest absolute Gasteiger partial charge is 0.366 e. The van der Waals surface area contributed by atoms with E-state index in [1.54, 1.807) is 6.07 Å². The van der Waals surface area contributed by atoms with Crippen LogP contribution in [0.2, 0.25) is 10.0 Å². The van der Waals surface area contributed by atoms with E-state index in [0.717, 1.165) is 32.9 Å². The summed E-state index contributed by atoms with van der Waals surface area (Å²) in [6.07, 6.45) is 0. The lowest BCUT2D eigenvalue weighted by Gasteiger charge is -2.12. The summed E-state index contributed by atoms with van der Waals surface area (Å²) in [6, 6.07) is 24.9. The Hall–Kier alpha value is -3.27. The number of halogens is 2. The molecule has 3 nitrogen and oxygen atoms in total. The van der Waals surface area contributed by atoms with Crippen LogP contribution < -0.4 is 5.73 Å². The molecule has 1 heterocycles. The van der Waals surface area contributed by atoms with E-state index in [9.17, 15) is 4.79 Å². The quantitative estimate of drug-likeness (QED) is 0.292. The molecule has 5 rings (SSSR count). The molecule has 0 unspecified atom stereocenters. The SMILES string of the molecule is Cc1ccc(Cn2c3cc(-c4c(Cl)cccc4Cl)c[c]c3c3c(C(N)=O)cccc32)cc1C. The van der Waals surface area contributed by atoms with Crippen molar-refractivity contribution < 1.29 is 4.79 Å². The zero-order chi connectivity index (χ0) is 23.3. The van der Waals surface area contributed by atoms with E-state index in [4.69, 9.17) is 28.9 Å². The number of aromatic nitrogens is 1. The second-order valence-electron chi connectivity index (χ2n) is 8.31. The molecule has 0 saturated carbocycles. The summed E-state index contributed by atoms with van der Waals surface area (Å²) < 4.78 is 2.20. The van der Waals surface area contributed by atoms with Crippen molar-refractivity contribution >= 4 is 50.9 Å². The van der Waals surface area contributed by atoms with Crippen molar-refractivity contribution in [2.75, 3.05) is 0 Å². The summed E-state index contributed by atoms with van der Waals surface area (Å²) in [4.78, 5) is 12.3. The number of hydrogen-bond acceptors (Lipinski definition) is 1. The molecule has 0 aliphatic heterocycles. The summed E-state index contributed by atoms with van der Waals surface area (Å²) in [6.45, 7) is 4.85. The predicted molar refractivity (Wildman–Crippen MR) is 137 cm³/mol. The van der Waals surface area contributed by atoms with Gasteiger partial charge in [-0.25, -0.2) is 0 Å². The number of carbonyl (C=O) groups excluding carboxylic acids is 1. The molecule has 5 heteroatoms. The van der Waals surface area contributed by atoms with Crippen LogP contribution in [0.3, 0.4) is 0 Å². The molecule has 0 spiro atoms. The third kappa shape index (κ3) is 3.68. The van der Waals surface area contributed by atoms with Gasteiger partial charge in [0.1, 0.15) is 0 Å². The average Bonchev–Trinajstić information content (AvgIpc) is 3.09. The van der Waals surface area contributed by atoms with Crippen LogP contribution in [-0.4, -0.2) is 10.5 Å². The molecule has 5 aromatic rings. The van der Waals surface area contributed by atoms with Gasteiger partial charge in [-0.1, -0.05) is 53.5 Å². The molecule has 0 saturated heterocycles. The lowest BCUT2D eigenvalue weighted by atomic mass is 10.0. The Morgan fingerprint density at radius 1 is 0.939 bits per heavy atom. The van der Waals surface area contributed by atoms with Gasteiger partial charge in [-0.05, 0) is 78.6 Å². The van der Waals surface area contributed by atoms with Crippen LogP contribution in [0.1, 0.15) is 27.0 Å². The maximum absolute atomic E-state index is 12.3. The van der Waals surface area contributed by atoms with Gasteiger partial charge in [-0.2, -0.15) is 0 Å². The van der Waals surface area contributed by atoms with Crippen LogP contribution in [-0.2, 0) is 6.54 Å². The fourth-order valence-electron chi connectivity index (χ4n) is 4.43. The summed E-state index contributed by atoms with van der Waals surface area (Å²) >= 11 is 13.0. The Bertz CT molecular complexity index is 1550. The van der Waals surface area contributed by atoms with E-state index in [2.05, 4.69) is 48.7 Å². The highest BCUT2D eigenvalue weighted by molar-refractivity contribution is 6.39. The number of carbonyl (C=O) groups is 1. The number of rotatable bonds is 4. The van der Waals surface area contributed by atoms with Crippen molar-refractivity contribution in [3.8, 4) is 11.1 Å². The molecule has 4 aromatic carbocycles. The highest BCUT2D eigenvalue weighted by Crippen LogP contribution is 2.39. The molecule has 163 valence electrons. The molecule has 0 aliphatic rings. The van der Waals surface area contributed by atoms with E-state index in [0.29, 0.717) is 22.2 Å². The molecule has 0 atom stereocenters. The van der Waals surface area contributed by atoms with Gasteiger partial charge < -0.3 is 10.3 Å². The number of benzene rings is 4. The van der Waals surface area contributed by atoms with Crippen molar-refractivity contribution in [2.45, 2.75) is 20.4 Å². The Labute approximate surface area is 202 Å². The second-order valence-corrected chi connectivity index (χ2v) is 9.13. The van der Waals surface area contributed by atoms with Gasteiger partial charge in [0.15, 0.2) is 0 Å². The van der Waals surface area contributed by atoms with Crippen molar-refractivity contribution in [1.82, 2.24) is 4.57 Å². The topological polar surface area (TPSA) is 48.0 Å². The maximum atomic E-state index is 12.3. The number of nitrogens with two attached hydrogens (primary N) is 1. The van der Waals surface area contributed by atoms with Crippen molar-refractivity contribution in [3.63, 3.8) is 0 Å². The lowest BCUT2D eigenvalue weighted by molar-refractivity contribution is 0.100. The van der Waals surface area contributed by atoms with E-state index in [1.807, 2.05) is 36.4 Å². The summed E-state index contributed by atoms with van der Waals surface area (Å²) in [5.41, 5.74) is 13.4. The average molecular weight is 472 g/mol. The molecule has 0 aliphatic carbocycles. The zero-order valence-electron chi connectivity index (χ0n) is 18.2. The molecule has 0 bridgehead atoms. The molecule has 0 fully saturated rings. The minimum absolute atomic E-state index is 0.461. The smallest absolute Gasteiger partial charge is 0.249 e. The van der Waals surface area contributed by atoms with E-state index < -0.39 is 5.91 Å². The van der Waals surface area contributed by atoms with Crippen LogP contribution in [0.25, 0.3) is 32.9 Å². The van der Waals surface area contributed by atoms with Gasteiger partial charge in [0, 0.05) is 38.5 Å². The Morgan fingerprint density at radius 3 is 2.36 bits per heavy atom. The minimum Gasteiger partial charge on any atom is -0.366 e. The fraction of sp³-hybridized carbons (Fsp3) is 0.107. The van der Waals surface area contributed by atoms with Gasteiger partial charge in [0.2, 0.25) is 5.91 Å². The number of primary amides is 1. The number of nitrogens with zero attached hydrogens (tertiary/aromatic N) is 1. The second kappa shape index (κ2) is 8.26. The zero-order valence-corrected chi connectivity index (χ0v) is 19.8. The monoisotopic (exact) mass is 471 g/mol. The molecule has 1 aromatic heterocycles. The molecular formula is C28H21Cl2N2O. The number of hydrogen-bond donors (Lipinski definition) is 1.